The van der Waals surface area contributed by atoms with Crippen molar-refractivity contribution >= 4 is 0 Å². The van der Waals surface area contributed by atoms with Gasteiger partial charge in [-0.05, 0) is 29.8 Å². The van der Waals surface area contributed by atoms with Crippen molar-refractivity contribution in [1.29, 1.82) is 15.8 Å². The Kier molecular flexibility index (Phi) is 4.51. The lowest BCUT2D eigenvalue weighted by Gasteiger charge is -2.45. The molecule has 2 aliphatic rings. The van der Waals surface area contributed by atoms with Gasteiger partial charge < -0.3 is 5.73 Å². The molecule has 26 heavy (non-hydrogen) atoms. The average molecular weight is 347 g/mol. The minimum absolute atomic E-state index is 0.0355. The molecule has 130 valence electrons. The van der Waals surface area contributed by atoms with Gasteiger partial charge in [0.2, 0.25) is 0 Å². The number of nitrogens with two attached hydrogens (primary N) is 1. The molecule has 0 radical (unpaired) electrons. The molecule has 0 unspecified atom stereocenters. The molecule has 2 atom stereocenters. The van der Waals surface area contributed by atoms with Gasteiger partial charge in [-0.1, -0.05) is 25.1 Å². The summed E-state index contributed by atoms with van der Waals surface area (Å²) >= 11 is 0. The number of hydrogen-bond acceptors (Lipinski definition) is 5. The van der Waals surface area contributed by atoms with E-state index in [-0.39, 0.29) is 17.2 Å². The van der Waals surface area contributed by atoms with Crippen LogP contribution in [0.3, 0.4) is 0 Å². The largest absolute Gasteiger partial charge is 0.399 e. The van der Waals surface area contributed by atoms with Crippen LogP contribution in [0.2, 0.25) is 0 Å². The molecule has 0 aromatic heterocycles. The molecule has 0 amide bonds. The van der Waals surface area contributed by atoms with Crippen molar-refractivity contribution in [3.63, 3.8) is 0 Å². The topological polar surface area (TPSA) is 101 Å². The van der Waals surface area contributed by atoms with Crippen molar-refractivity contribution < 1.29 is 4.39 Å². The van der Waals surface area contributed by atoms with Crippen LogP contribution in [0.4, 0.5) is 4.39 Å². The van der Waals surface area contributed by atoms with E-state index in [4.69, 9.17) is 5.73 Å². The summed E-state index contributed by atoms with van der Waals surface area (Å²) in [5, 5.41) is 29.5. The van der Waals surface area contributed by atoms with Crippen molar-refractivity contribution in [3.05, 3.63) is 58.6 Å². The second-order valence-corrected chi connectivity index (χ2v) is 6.58. The molecule has 0 bridgehead atoms. The predicted octanol–water partition coefficient (Wildman–Crippen LogP) is 2.57. The van der Waals surface area contributed by atoms with E-state index in [0.29, 0.717) is 18.7 Å². The van der Waals surface area contributed by atoms with Crippen molar-refractivity contribution in [1.82, 2.24) is 4.90 Å². The summed E-state index contributed by atoms with van der Waals surface area (Å²) in [6.07, 6.45) is 1.94. The number of benzene rings is 1. The fourth-order valence-electron chi connectivity index (χ4n) is 4.07. The van der Waals surface area contributed by atoms with E-state index in [9.17, 15) is 20.2 Å². The zero-order valence-corrected chi connectivity index (χ0v) is 14.4. The molecule has 1 aliphatic carbocycles. The highest BCUT2D eigenvalue weighted by Crippen LogP contribution is 2.54. The number of halogens is 1. The van der Waals surface area contributed by atoms with E-state index in [1.165, 1.54) is 12.1 Å². The van der Waals surface area contributed by atoms with E-state index in [1.807, 2.05) is 13.0 Å². The predicted molar refractivity (Wildman–Crippen MR) is 93.3 cm³/mol. The lowest BCUT2D eigenvalue weighted by molar-refractivity contribution is 0.214. The van der Waals surface area contributed by atoms with Crippen molar-refractivity contribution in [2.45, 2.75) is 12.8 Å². The van der Waals surface area contributed by atoms with Gasteiger partial charge in [-0.15, -0.1) is 0 Å². The summed E-state index contributed by atoms with van der Waals surface area (Å²) in [7, 11) is 0. The summed E-state index contributed by atoms with van der Waals surface area (Å²) in [6.45, 7) is 4.06. The van der Waals surface area contributed by atoms with E-state index in [0.717, 1.165) is 12.1 Å². The molecule has 0 saturated carbocycles. The first-order valence-electron chi connectivity index (χ1n) is 8.43. The molecule has 5 nitrogen and oxygen atoms in total. The second kappa shape index (κ2) is 6.64. The Balaban J connectivity index is 2.32. The Bertz CT molecular complexity index is 911. The van der Waals surface area contributed by atoms with Crippen LogP contribution in [0.15, 0.2) is 47.2 Å². The number of allylic oxidation sites excluding steroid dienone is 2. The molecule has 1 aliphatic heterocycles. The molecule has 0 spiro atoms. The Morgan fingerprint density at radius 1 is 1.31 bits per heavy atom. The summed E-state index contributed by atoms with van der Waals surface area (Å²) in [6, 6.07) is 12.1. The number of fused-ring (bicyclic) bond motifs is 1. The first-order valence-corrected chi connectivity index (χ1v) is 8.43. The lowest BCUT2D eigenvalue weighted by atomic mass is 9.58. The minimum atomic E-state index is -1.71. The normalized spacial score (nSPS) is 24.7. The minimum Gasteiger partial charge on any atom is -0.399 e. The van der Waals surface area contributed by atoms with E-state index < -0.39 is 17.2 Å². The van der Waals surface area contributed by atoms with Crippen LogP contribution < -0.4 is 5.73 Å². The third-order valence-electron chi connectivity index (χ3n) is 5.40. The highest BCUT2D eigenvalue weighted by Gasteiger charge is 2.54. The molecule has 0 fully saturated rings. The molecule has 1 aromatic carbocycles. The lowest BCUT2D eigenvalue weighted by Crippen LogP contribution is -2.48. The quantitative estimate of drug-likeness (QED) is 0.886. The van der Waals surface area contributed by atoms with Gasteiger partial charge in [-0.25, -0.2) is 4.39 Å². The Hall–Kier alpha value is -3.14. The third kappa shape index (κ3) is 2.46. The highest BCUT2D eigenvalue weighted by molar-refractivity contribution is 5.59. The molecule has 1 aromatic rings. The van der Waals surface area contributed by atoms with E-state index in [2.05, 4.69) is 23.1 Å². The van der Waals surface area contributed by atoms with Gasteiger partial charge in [0.25, 0.3) is 0 Å². The van der Waals surface area contributed by atoms with Crippen molar-refractivity contribution in [2.75, 3.05) is 19.6 Å². The number of nitriles is 3. The first kappa shape index (κ1) is 17.7. The van der Waals surface area contributed by atoms with Crippen LogP contribution in [0.5, 0.6) is 0 Å². The van der Waals surface area contributed by atoms with Crippen molar-refractivity contribution in [2.24, 2.45) is 17.1 Å². The van der Waals surface area contributed by atoms with E-state index in [1.54, 1.807) is 12.1 Å². The maximum atomic E-state index is 13.9. The number of rotatable bonds is 2. The maximum Gasteiger partial charge on any atom is 0.191 e. The van der Waals surface area contributed by atoms with E-state index >= 15 is 0 Å². The van der Waals surface area contributed by atoms with Crippen LogP contribution in [0.1, 0.15) is 18.4 Å². The van der Waals surface area contributed by atoms with Crippen LogP contribution in [-0.4, -0.2) is 24.5 Å². The third-order valence-corrected chi connectivity index (χ3v) is 5.40. The molecule has 1 heterocycles. The Morgan fingerprint density at radius 3 is 2.62 bits per heavy atom. The SMILES string of the molecule is CCN1CC=C2C(C#N)=C(N)C(C#N)(C#N)[C@H](c3cccc(F)c3)[C@H]2C1. The van der Waals surface area contributed by atoms with Crippen LogP contribution in [0.25, 0.3) is 0 Å². The first-order chi connectivity index (χ1) is 12.5. The van der Waals surface area contributed by atoms with Crippen LogP contribution in [0, 0.1) is 51.1 Å². The van der Waals surface area contributed by atoms with Crippen LogP contribution in [-0.2, 0) is 0 Å². The fraction of sp³-hybridized carbons (Fsp3) is 0.350. The molecule has 6 heteroatoms. The average Bonchev–Trinajstić information content (AvgIpc) is 2.66. The summed E-state index contributed by atoms with van der Waals surface area (Å²) in [5.41, 5.74) is 5.96. The van der Waals surface area contributed by atoms with Crippen LogP contribution >= 0.6 is 0 Å². The standard InChI is InChI=1S/C20H18FN5/c1-2-26-7-6-15-16(9-22)19(25)20(11-23,12-24)18(17(15)10-26)13-4-3-5-14(21)8-13/h3-6,8,17-18H,2,7,10,25H2,1H3/t17-,18+/m0/s1. The highest BCUT2D eigenvalue weighted by atomic mass is 19.1. The van der Waals surface area contributed by atoms with Gasteiger partial charge >= 0.3 is 0 Å². The van der Waals surface area contributed by atoms with Gasteiger partial charge in [-0.2, -0.15) is 15.8 Å². The zero-order chi connectivity index (χ0) is 18.9. The van der Waals surface area contributed by atoms with Gasteiger partial charge in [-0.3, -0.25) is 4.90 Å². The van der Waals surface area contributed by atoms with Gasteiger partial charge in [0.15, 0.2) is 5.41 Å². The van der Waals surface area contributed by atoms with Gasteiger partial charge in [0.05, 0.1) is 23.4 Å². The molecule has 2 N–H and O–H groups in total. The summed E-state index contributed by atoms with van der Waals surface area (Å²) in [4.78, 5) is 2.16. The van der Waals surface area contributed by atoms with Crippen molar-refractivity contribution in [3.8, 4) is 18.2 Å². The number of hydrogen-bond donors (Lipinski definition) is 1. The van der Waals surface area contributed by atoms with Gasteiger partial charge in [0, 0.05) is 24.9 Å². The molecule has 0 saturated heterocycles. The summed E-state index contributed by atoms with van der Waals surface area (Å²) < 4.78 is 13.9. The molecule has 3 rings (SSSR count). The smallest absolute Gasteiger partial charge is 0.191 e. The summed E-state index contributed by atoms with van der Waals surface area (Å²) in [5.74, 6) is -1.37. The molecular formula is C20H18FN5. The monoisotopic (exact) mass is 347 g/mol. The molecular weight excluding hydrogens is 329 g/mol. The number of likely N-dealkylation sites (N-methyl/N-ethyl adjacent to an activating group) is 1. The Labute approximate surface area is 152 Å². The maximum absolute atomic E-state index is 13.9. The Morgan fingerprint density at radius 2 is 2.04 bits per heavy atom. The second-order valence-electron chi connectivity index (χ2n) is 6.58. The van der Waals surface area contributed by atoms with Gasteiger partial charge in [0.1, 0.15) is 11.9 Å². The fourth-order valence-corrected chi connectivity index (χ4v) is 4.07. The number of nitrogens with zero attached hydrogens (tertiary/aromatic N) is 4. The zero-order valence-electron chi connectivity index (χ0n) is 14.4.